The molecule has 2 aromatic carbocycles. The van der Waals surface area contributed by atoms with Gasteiger partial charge in [0.1, 0.15) is 10.1 Å². The molecule has 3 aromatic rings. The number of aromatic carboxylic acids is 1. The largest absolute Gasteiger partial charge is 0.493 e. The van der Waals surface area contributed by atoms with E-state index in [1.807, 2.05) is 0 Å². The summed E-state index contributed by atoms with van der Waals surface area (Å²) >= 11 is 12.7. The monoisotopic (exact) mass is 677 g/mol. The molecule has 14 heteroatoms. The lowest BCUT2D eigenvalue weighted by Gasteiger charge is -2.27. The number of morpholine rings is 1. The third-order valence-electron chi connectivity index (χ3n) is 7.08. The summed E-state index contributed by atoms with van der Waals surface area (Å²) in [5.41, 5.74) is 0.809. The number of carbonyl (C=O) groups is 2. The van der Waals surface area contributed by atoms with E-state index in [1.54, 1.807) is 36.4 Å². The Balaban J connectivity index is 1.22. The predicted octanol–water partition coefficient (Wildman–Crippen LogP) is 6.62. The fourth-order valence-corrected chi connectivity index (χ4v) is 6.30. The van der Waals surface area contributed by atoms with Crippen LogP contribution in [-0.2, 0) is 22.3 Å². The molecule has 1 N–H and O–H groups in total. The summed E-state index contributed by atoms with van der Waals surface area (Å²) < 4.78 is 51.6. The molecule has 1 aromatic heterocycles. The second kappa shape index (κ2) is 14.3. The number of nitrogens with zero attached hydrogens (tertiary/aromatic N) is 3. The molecule has 0 bridgehead atoms. The molecule has 0 atom stereocenters. The Morgan fingerprint density at radius 2 is 1.93 bits per heavy atom. The normalized spacial score (nSPS) is 16.9. The first kappa shape index (κ1) is 32.9. The van der Waals surface area contributed by atoms with E-state index in [4.69, 9.17) is 33.3 Å². The molecule has 236 valence electrons. The van der Waals surface area contributed by atoms with Crippen molar-refractivity contribution < 1.29 is 37.3 Å². The number of benzene rings is 2. The van der Waals surface area contributed by atoms with Crippen LogP contribution in [0, 0.1) is 0 Å². The first-order valence-electron chi connectivity index (χ1n) is 13.9. The van der Waals surface area contributed by atoms with Gasteiger partial charge in [0.05, 0.1) is 47.2 Å². The van der Waals surface area contributed by atoms with E-state index < -0.39 is 17.7 Å². The SMILES string of the molecule is O=C(O)c1ccc(OCCCN2C(=O)/C(=C/c3cccc(-c4cc(C(F)(F)F)ccc4Cl)n3)SC2=S)c(CN2CCOCC2)c1. The van der Waals surface area contributed by atoms with Gasteiger partial charge >= 0.3 is 12.1 Å². The van der Waals surface area contributed by atoms with Crippen molar-refractivity contribution in [2.75, 3.05) is 39.5 Å². The Bertz CT molecular complexity index is 1650. The predicted molar refractivity (Wildman–Crippen MR) is 169 cm³/mol. The maximum atomic E-state index is 13.3. The van der Waals surface area contributed by atoms with Crippen molar-refractivity contribution in [2.45, 2.75) is 19.1 Å². The van der Waals surface area contributed by atoms with Crippen molar-refractivity contribution in [1.29, 1.82) is 0 Å². The van der Waals surface area contributed by atoms with Gasteiger partial charge < -0.3 is 14.6 Å². The Morgan fingerprint density at radius 3 is 2.67 bits per heavy atom. The van der Waals surface area contributed by atoms with E-state index in [-0.39, 0.29) is 34.4 Å². The van der Waals surface area contributed by atoms with Crippen LogP contribution < -0.4 is 4.74 Å². The molecule has 45 heavy (non-hydrogen) atoms. The Hall–Kier alpha value is -3.49. The molecule has 5 rings (SSSR count). The van der Waals surface area contributed by atoms with Gasteiger partial charge in [0.25, 0.3) is 5.91 Å². The van der Waals surface area contributed by atoms with E-state index in [1.165, 1.54) is 17.0 Å². The minimum Gasteiger partial charge on any atom is -0.493 e. The zero-order valence-electron chi connectivity index (χ0n) is 23.7. The fourth-order valence-electron chi connectivity index (χ4n) is 4.79. The van der Waals surface area contributed by atoms with Crippen LogP contribution in [0.2, 0.25) is 5.02 Å². The number of rotatable bonds is 10. The van der Waals surface area contributed by atoms with Gasteiger partial charge in [0.15, 0.2) is 0 Å². The minimum atomic E-state index is -4.54. The number of ether oxygens (including phenoxy) is 2. The molecule has 3 heterocycles. The highest BCUT2D eigenvalue weighted by Gasteiger charge is 2.33. The lowest BCUT2D eigenvalue weighted by molar-refractivity contribution is -0.137. The van der Waals surface area contributed by atoms with E-state index in [0.29, 0.717) is 53.4 Å². The lowest BCUT2D eigenvalue weighted by Crippen LogP contribution is -2.35. The van der Waals surface area contributed by atoms with E-state index >= 15 is 0 Å². The van der Waals surface area contributed by atoms with Crippen molar-refractivity contribution in [3.05, 3.63) is 86.9 Å². The van der Waals surface area contributed by atoms with E-state index in [2.05, 4.69) is 9.88 Å². The third kappa shape index (κ3) is 8.22. The number of thiocarbonyl (C=S) groups is 1. The number of carboxylic acids is 1. The number of pyridine rings is 1. The number of carboxylic acid groups (broad SMARTS) is 1. The molecule has 1 amide bonds. The summed E-state index contributed by atoms with van der Waals surface area (Å²) in [6.07, 6.45) is -2.53. The number of thioether (sulfide) groups is 1. The van der Waals surface area contributed by atoms with Crippen LogP contribution >= 0.6 is 35.6 Å². The maximum Gasteiger partial charge on any atom is 0.416 e. The summed E-state index contributed by atoms with van der Waals surface area (Å²) in [4.78, 5) is 33.1. The van der Waals surface area contributed by atoms with Gasteiger partial charge in [-0.1, -0.05) is 41.6 Å². The number of aromatic nitrogens is 1. The standard InChI is InChI=1S/C31H27ClF3N3O5S2/c32-24-7-6-21(31(33,34)35)16-23(24)25-4-1-3-22(36-25)17-27-28(39)38(30(44)45-27)9-2-12-43-26-8-5-19(29(40)41)15-20(26)18-37-10-13-42-14-11-37/h1,3-8,15-17H,2,9-14,18H2,(H,40,41)/b27-17-. The molecular weight excluding hydrogens is 651 g/mol. The molecule has 0 spiro atoms. The molecule has 2 fully saturated rings. The highest BCUT2D eigenvalue weighted by Crippen LogP contribution is 2.36. The van der Waals surface area contributed by atoms with Crippen molar-refractivity contribution in [1.82, 2.24) is 14.8 Å². The number of carbonyl (C=O) groups excluding carboxylic acids is 1. The van der Waals surface area contributed by atoms with Gasteiger partial charge in [-0.2, -0.15) is 13.2 Å². The molecule has 2 saturated heterocycles. The molecule has 8 nitrogen and oxygen atoms in total. The number of hydrogen-bond acceptors (Lipinski definition) is 8. The van der Waals surface area contributed by atoms with Crippen molar-refractivity contribution >= 4 is 57.9 Å². The van der Waals surface area contributed by atoms with Crippen LogP contribution in [0.3, 0.4) is 0 Å². The molecule has 2 aliphatic heterocycles. The highest BCUT2D eigenvalue weighted by molar-refractivity contribution is 8.26. The minimum absolute atomic E-state index is 0.118. The first-order chi connectivity index (χ1) is 21.5. The van der Waals surface area contributed by atoms with Crippen LogP contribution in [0.25, 0.3) is 17.3 Å². The molecule has 0 unspecified atom stereocenters. The molecule has 0 saturated carbocycles. The Morgan fingerprint density at radius 1 is 1.16 bits per heavy atom. The van der Waals surface area contributed by atoms with Crippen molar-refractivity contribution in [2.24, 2.45) is 0 Å². The smallest absolute Gasteiger partial charge is 0.416 e. The van der Waals surface area contributed by atoms with Gasteiger partial charge in [-0.15, -0.1) is 0 Å². The van der Waals surface area contributed by atoms with Crippen LogP contribution in [0.5, 0.6) is 5.75 Å². The molecule has 0 radical (unpaired) electrons. The summed E-state index contributed by atoms with van der Waals surface area (Å²) in [5, 5.41) is 9.56. The molecule has 2 aliphatic rings. The summed E-state index contributed by atoms with van der Waals surface area (Å²) in [6.45, 7) is 3.77. The topological polar surface area (TPSA) is 92.2 Å². The van der Waals surface area contributed by atoms with Gasteiger partial charge in [-0.25, -0.2) is 9.78 Å². The number of alkyl halides is 3. The third-order valence-corrected chi connectivity index (χ3v) is 8.79. The number of hydrogen-bond donors (Lipinski definition) is 1. The average molecular weight is 678 g/mol. The summed E-state index contributed by atoms with van der Waals surface area (Å²) in [6, 6.07) is 12.6. The van der Waals surface area contributed by atoms with Crippen LogP contribution in [-0.4, -0.2) is 75.5 Å². The Labute approximate surface area is 271 Å². The van der Waals surface area contributed by atoms with Crippen molar-refractivity contribution in [3.8, 4) is 17.0 Å². The quantitative estimate of drug-likeness (QED) is 0.144. The van der Waals surface area contributed by atoms with Crippen LogP contribution in [0.1, 0.15) is 33.6 Å². The van der Waals surface area contributed by atoms with Gasteiger partial charge in [-0.05, 0) is 61.0 Å². The zero-order valence-corrected chi connectivity index (χ0v) is 26.1. The van der Waals surface area contributed by atoms with Gasteiger partial charge in [0.2, 0.25) is 0 Å². The van der Waals surface area contributed by atoms with Crippen LogP contribution in [0.4, 0.5) is 13.2 Å². The summed E-state index contributed by atoms with van der Waals surface area (Å²) in [7, 11) is 0. The maximum absolute atomic E-state index is 13.3. The average Bonchev–Trinajstić information content (AvgIpc) is 3.27. The van der Waals surface area contributed by atoms with E-state index in [9.17, 15) is 27.9 Å². The fraction of sp³-hybridized carbons (Fsp3) is 0.290. The summed E-state index contributed by atoms with van der Waals surface area (Å²) in [5.74, 6) is -0.759. The number of amides is 1. The van der Waals surface area contributed by atoms with Crippen LogP contribution in [0.15, 0.2) is 59.5 Å². The van der Waals surface area contributed by atoms with Gasteiger partial charge in [0, 0.05) is 42.3 Å². The van der Waals surface area contributed by atoms with E-state index in [0.717, 1.165) is 42.5 Å². The second-order valence-corrected chi connectivity index (χ2v) is 12.3. The zero-order chi connectivity index (χ0) is 32.1. The van der Waals surface area contributed by atoms with Gasteiger partial charge in [-0.3, -0.25) is 14.6 Å². The lowest BCUT2D eigenvalue weighted by atomic mass is 10.1. The first-order valence-corrected chi connectivity index (χ1v) is 15.5. The second-order valence-electron chi connectivity index (χ2n) is 10.2. The van der Waals surface area contributed by atoms with Crippen molar-refractivity contribution in [3.63, 3.8) is 0 Å². The highest BCUT2D eigenvalue weighted by atomic mass is 35.5. The molecular formula is C31H27ClF3N3O5S2. The number of halogens is 4. The molecule has 0 aliphatic carbocycles. The Kier molecular flexibility index (Phi) is 10.4.